The zero-order chi connectivity index (χ0) is 9.10. The molecule has 0 amide bonds. The quantitative estimate of drug-likeness (QED) is 0.705. The van der Waals surface area contributed by atoms with Gasteiger partial charge in [-0.1, -0.05) is 13.3 Å². The van der Waals surface area contributed by atoms with Crippen molar-refractivity contribution in [2.24, 2.45) is 11.8 Å². The maximum Gasteiger partial charge on any atom is 0.0469 e. The maximum atomic E-state index is 5.40. The Kier molecular flexibility index (Phi) is 3.23. The number of hydrogen-bond acceptors (Lipinski definition) is 2. The van der Waals surface area contributed by atoms with E-state index in [2.05, 4.69) is 12.2 Å². The molecular weight excluding hydrogens is 162 g/mol. The van der Waals surface area contributed by atoms with Gasteiger partial charge in [0.15, 0.2) is 0 Å². The molecule has 2 unspecified atom stereocenters. The van der Waals surface area contributed by atoms with Gasteiger partial charge in [-0.2, -0.15) is 0 Å². The van der Waals surface area contributed by atoms with Gasteiger partial charge in [0.05, 0.1) is 0 Å². The lowest BCUT2D eigenvalue weighted by Gasteiger charge is -2.31. The molecule has 2 nitrogen and oxygen atoms in total. The third kappa shape index (κ3) is 2.05. The first-order valence-electron chi connectivity index (χ1n) is 5.73. The summed E-state index contributed by atoms with van der Waals surface area (Å²) in [4.78, 5) is 0. The van der Waals surface area contributed by atoms with E-state index in [0.29, 0.717) is 0 Å². The fourth-order valence-electron chi connectivity index (χ4n) is 2.87. The van der Waals surface area contributed by atoms with Crippen LogP contribution in [0.4, 0.5) is 0 Å². The topological polar surface area (TPSA) is 21.3 Å². The third-order valence-corrected chi connectivity index (χ3v) is 3.70. The average Bonchev–Trinajstić information content (AvgIpc) is 2.67. The van der Waals surface area contributed by atoms with Crippen molar-refractivity contribution < 1.29 is 4.74 Å². The largest absolute Gasteiger partial charge is 0.381 e. The van der Waals surface area contributed by atoms with Crippen molar-refractivity contribution in [3.8, 4) is 0 Å². The minimum atomic E-state index is 0.800. The Morgan fingerprint density at radius 3 is 2.69 bits per heavy atom. The maximum absolute atomic E-state index is 5.40. The first-order chi connectivity index (χ1) is 6.42. The van der Waals surface area contributed by atoms with Crippen molar-refractivity contribution in [3.63, 3.8) is 0 Å². The van der Waals surface area contributed by atoms with Gasteiger partial charge in [-0.25, -0.2) is 0 Å². The average molecular weight is 183 g/mol. The van der Waals surface area contributed by atoms with Gasteiger partial charge in [-0.3, -0.25) is 0 Å². The second-order valence-corrected chi connectivity index (χ2v) is 4.39. The second kappa shape index (κ2) is 4.43. The first-order valence-corrected chi connectivity index (χ1v) is 5.73. The molecule has 0 aromatic carbocycles. The Hall–Kier alpha value is -0.0800. The van der Waals surface area contributed by atoms with E-state index in [0.717, 1.165) is 31.1 Å². The third-order valence-electron chi connectivity index (χ3n) is 3.70. The summed E-state index contributed by atoms with van der Waals surface area (Å²) in [6.07, 6.45) is 5.27. The number of hydrogen-bond donors (Lipinski definition) is 1. The summed E-state index contributed by atoms with van der Waals surface area (Å²) in [6, 6.07) is 0.800. The molecule has 0 aromatic rings. The van der Waals surface area contributed by atoms with Crippen LogP contribution >= 0.6 is 0 Å². The Balaban J connectivity index is 1.90. The van der Waals surface area contributed by atoms with E-state index in [4.69, 9.17) is 4.74 Å². The molecule has 2 rings (SSSR count). The lowest BCUT2D eigenvalue weighted by atomic mass is 9.83. The zero-order valence-electron chi connectivity index (χ0n) is 8.59. The summed E-state index contributed by atoms with van der Waals surface area (Å²) in [5.41, 5.74) is 0. The number of rotatable bonds is 2. The van der Waals surface area contributed by atoms with Crippen LogP contribution in [0.25, 0.3) is 0 Å². The summed E-state index contributed by atoms with van der Waals surface area (Å²) in [7, 11) is 0. The Morgan fingerprint density at radius 2 is 2.00 bits per heavy atom. The highest BCUT2D eigenvalue weighted by Gasteiger charge is 2.32. The molecule has 2 aliphatic heterocycles. The van der Waals surface area contributed by atoms with Gasteiger partial charge >= 0.3 is 0 Å². The number of ether oxygens (including phenoxy) is 1. The van der Waals surface area contributed by atoms with Crippen LogP contribution in [0.15, 0.2) is 0 Å². The summed E-state index contributed by atoms with van der Waals surface area (Å²) in [5.74, 6) is 1.82. The van der Waals surface area contributed by atoms with Crippen molar-refractivity contribution in [1.29, 1.82) is 0 Å². The van der Waals surface area contributed by atoms with Gasteiger partial charge in [0, 0.05) is 19.3 Å². The minimum Gasteiger partial charge on any atom is -0.381 e. The van der Waals surface area contributed by atoms with E-state index in [1.165, 1.54) is 32.2 Å². The van der Waals surface area contributed by atoms with Crippen LogP contribution in [0, 0.1) is 11.8 Å². The molecule has 0 spiro atoms. The van der Waals surface area contributed by atoms with E-state index in [9.17, 15) is 0 Å². The summed E-state index contributed by atoms with van der Waals surface area (Å²) in [5, 5.41) is 3.67. The molecule has 76 valence electrons. The Bertz CT molecular complexity index is 154. The molecule has 2 atom stereocenters. The van der Waals surface area contributed by atoms with Crippen LogP contribution in [-0.2, 0) is 4.74 Å². The molecular formula is C11H21NO. The van der Waals surface area contributed by atoms with Crippen molar-refractivity contribution in [3.05, 3.63) is 0 Å². The highest BCUT2D eigenvalue weighted by molar-refractivity contribution is 4.88. The monoisotopic (exact) mass is 183 g/mol. The van der Waals surface area contributed by atoms with Crippen molar-refractivity contribution in [2.45, 2.75) is 38.6 Å². The minimum absolute atomic E-state index is 0.800. The van der Waals surface area contributed by atoms with Crippen molar-refractivity contribution >= 4 is 0 Å². The molecule has 0 bridgehead atoms. The van der Waals surface area contributed by atoms with Crippen LogP contribution in [0.1, 0.15) is 32.6 Å². The van der Waals surface area contributed by atoms with Crippen LogP contribution in [0.5, 0.6) is 0 Å². The van der Waals surface area contributed by atoms with Gasteiger partial charge in [0.1, 0.15) is 0 Å². The van der Waals surface area contributed by atoms with Crippen molar-refractivity contribution in [2.75, 3.05) is 19.8 Å². The van der Waals surface area contributed by atoms with Gasteiger partial charge < -0.3 is 10.1 Å². The predicted octanol–water partition coefficient (Wildman–Crippen LogP) is 1.80. The van der Waals surface area contributed by atoms with E-state index in [1.807, 2.05) is 0 Å². The molecule has 1 N–H and O–H groups in total. The van der Waals surface area contributed by atoms with Crippen LogP contribution in [0.2, 0.25) is 0 Å². The highest BCUT2D eigenvalue weighted by Crippen LogP contribution is 2.30. The normalized spacial score (nSPS) is 36.7. The summed E-state index contributed by atoms with van der Waals surface area (Å²) >= 11 is 0. The van der Waals surface area contributed by atoms with Crippen molar-refractivity contribution in [1.82, 2.24) is 5.32 Å². The molecule has 13 heavy (non-hydrogen) atoms. The summed E-state index contributed by atoms with van der Waals surface area (Å²) < 4.78 is 5.40. The van der Waals surface area contributed by atoms with Gasteiger partial charge in [-0.05, 0) is 37.6 Å². The van der Waals surface area contributed by atoms with Gasteiger partial charge in [0.25, 0.3) is 0 Å². The molecule has 2 fully saturated rings. The van der Waals surface area contributed by atoms with Crippen LogP contribution in [-0.4, -0.2) is 25.8 Å². The highest BCUT2D eigenvalue weighted by atomic mass is 16.5. The first kappa shape index (κ1) is 9.47. The van der Waals surface area contributed by atoms with E-state index >= 15 is 0 Å². The zero-order valence-corrected chi connectivity index (χ0v) is 8.59. The van der Waals surface area contributed by atoms with E-state index < -0.39 is 0 Å². The molecule has 2 heteroatoms. The van der Waals surface area contributed by atoms with Gasteiger partial charge in [0.2, 0.25) is 0 Å². The van der Waals surface area contributed by atoms with Crippen LogP contribution < -0.4 is 5.32 Å². The molecule has 2 saturated heterocycles. The lowest BCUT2D eigenvalue weighted by molar-refractivity contribution is 0.0502. The smallest absolute Gasteiger partial charge is 0.0469 e. The fraction of sp³-hybridized carbons (Fsp3) is 1.00. The SMILES string of the molecule is CCC1CCNC1C1CCOCC1. The fourth-order valence-corrected chi connectivity index (χ4v) is 2.87. The van der Waals surface area contributed by atoms with E-state index in [-0.39, 0.29) is 0 Å². The molecule has 0 saturated carbocycles. The van der Waals surface area contributed by atoms with E-state index in [1.54, 1.807) is 0 Å². The van der Waals surface area contributed by atoms with Gasteiger partial charge in [-0.15, -0.1) is 0 Å². The summed E-state index contributed by atoms with van der Waals surface area (Å²) in [6.45, 7) is 5.53. The molecule has 0 radical (unpaired) electrons. The molecule has 0 aliphatic carbocycles. The lowest BCUT2D eigenvalue weighted by Crippen LogP contribution is -2.38. The second-order valence-electron chi connectivity index (χ2n) is 4.39. The Morgan fingerprint density at radius 1 is 1.23 bits per heavy atom. The predicted molar refractivity (Wildman–Crippen MR) is 53.7 cm³/mol. The molecule has 2 aliphatic rings. The molecule has 0 aromatic heterocycles. The Labute approximate surface area is 81.0 Å². The molecule has 2 heterocycles. The number of nitrogens with one attached hydrogen (secondary N) is 1. The standard InChI is InChI=1S/C11H21NO/c1-2-9-3-6-12-11(9)10-4-7-13-8-5-10/h9-12H,2-8H2,1H3. The van der Waals surface area contributed by atoms with Crippen LogP contribution in [0.3, 0.4) is 0 Å².